The minimum absolute atomic E-state index is 0.373. The van der Waals surface area contributed by atoms with Crippen molar-refractivity contribution in [3.8, 4) is 0 Å². The van der Waals surface area contributed by atoms with Crippen LogP contribution in [-0.2, 0) is 7.05 Å². The van der Waals surface area contributed by atoms with Crippen LogP contribution < -0.4 is 5.43 Å². The van der Waals surface area contributed by atoms with Gasteiger partial charge < -0.3 is 4.57 Å². The van der Waals surface area contributed by atoms with E-state index in [9.17, 15) is 0 Å². The van der Waals surface area contributed by atoms with E-state index in [0.717, 1.165) is 27.6 Å². The largest absolute Gasteiger partial charge is 0.327 e. The highest BCUT2D eigenvalue weighted by Crippen LogP contribution is 2.26. The predicted molar refractivity (Wildman–Crippen MR) is 96.2 cm³/mol. The van der Waals surface area contributed by atoms with E-state index in [-0.39, 0.29) is 0 Å². The van der Waals surface area contributed by atoms with E-state index < -0.39 is 0 Å². The molecule has 24 heavy (non-hydrogen) atoms. The van der Waals surface area contributed by atoms with Crippen LogP contribution in [0.3, 0.4) is 0 Å². The number of hydrazone groups is 1. The fourth-order valence-corrected chi connectivity index (χ4v) is 2.72. The van der Waals surface area contributed by atoms with Crippen LogP contribution in [0.15, 0.2) is 53.6 Å². The molecule has 0 bridgehead atoms. The SMILES string of the molecule is Cc1ccc2c(c1)c1nnc(N/N=C/c3ccccc3)nc1n2C. The molecule has 0 saturated heterocycles. The Kier molecular flexibility index (Phi) is 3.42. The first-order chi connectivity index (χ1) is 11.7. The molecule has 1 N–H and O–H groups in total. The van der Waals surface area contributed by atoms with Crippen molar-refractivity contribution < 1.29 is 0 Å². The highest BCUT2D eigenvalue weighted by molar-refractivity contribution is 6.04. The Balaban J connectivity index is 1.69. The van der Waals surface area contributed by atoms with Gasteiger partial charge >= 0.3 is 0 Å². The Morgan fingerprint density at radius 2 is 1.92 bits per heavy atom. The zero-order chi connectivity index (χ0) is 16.5. The number of aryl methyl sites for hydroxylation is 2. The van der Waals surface area contributed by atoms with Crippen LogP contribution in [0, 0.1) is 6.92 Å². The standard InChI is InChI=1S/C18H16N6/c1-12-8-9-15-14(10-12)16-17(24(15)2)20-18(23-21-16)22-19-11-13-6-4-3-5-7-13/h3-11H,1-2H3,(H,20,22,23)/b19-11+. The van der Waals surface area contributed by atoms with Gasteiger partial charge in [0.1, 0.15) is 5.52 Å². The summed E-state index contributed by atoms with van der Waals surface area (Å²) in [6.07, 6.45) is 1.72. The molecule has 0 aliphatic heterocycles. The summed E-state index contributed by atoms with van der Waals surface area (Å²) in [5.74, 6) is 0.373. The maximum absolute atomic E-state index is 4.54. The summed E-state index contributed by atoms with van der Waals surface area (Å²) < 4.78 is 2.02. The molecule has 6 heteroatoms. The molecule has 0 unspecified atom stereocenters. The Bertz CT molecular complexity index is 1050. The van der Waals surface area contributed by atoms with Crippen molar-refractivity contribution in [3.05, 3.63) is 59.7 Å². The van der Waals surface area contributed by atoms with Crippen LogP contribution in [0.5, 0.6) is 0 Å². The van der Waals surface area contributed by atoms with Crippen LogP contribution in [0.25, 0.3) is 22.1 Å². The van der Waals surface area contributed by atoms with Gasteiger partial charge in [0, 0.05) is 12.4 Å². The number of hydrogen-bond acceptors (Lipinski definition) is 5. The van der Waals surface area contributed by atoms with Gasteiger partial charge in [0.2, 0.25) is 0 Å². The minimum Gasteiger partial charge on any atom is -0.327 e. The number of hydrogen-bond donors (Lipinski definition) is 1. The van der Waals surface area contributed by atoms with Crippen molar-refractivity contribution >= 4 is 34.2 Å². The summed E-state index contributed by atoms with van der Waals surface area (Å²) >= 11 is 0. The number of anilines is 1. The Labute approximate surface area is 138 Å². The fourth-order valence-electron chi connectivity index (χ4n) is 2.72. The third-order valence-electron chi connectivity index (χ3n) is 3.93. The van der Waals surface area contributed by atoms with Crippen molar-refractivity contribution in [2.75, 3.05) is 5.43 Å². The van der Waals surface area contributed by atoms with Gasteiger partial charge in [0.25, 0.3) is 5.95 Å². The number of fused-ring (bicyclic) bond motifs is 3. The molecule has 2 aromatic heterocycles. The Hall–Kier alpha value is -3.28. The third kappa shape index (κ3) is 2.48. The summed E-state index contributed by atoms with van der Waals surface area (Å²) in [6.45, 7) is 2.06. The summed E-state index contributed by atoms with van der Waals surface area (Å²) in [4.78, 5) is 4.54. The molecule has 118 valence electrons. The van der Waals surface area contributed by atoms with Crippen molar-refractivity contribution in [2.24, 2.45) is 12.1 Å². The second-order valence-electron chi connectivity index (χ2n) is 5.67. The molecule has 0 atom stereocenters. The predicted octanol–water partition coefficient (Wildman–Crippen LogP) is 3.27. The monoisotopic (exact) mass is 316 g/mol. The van der Waals surface area contributed by atoms with E-state index in [2.05, 4.69) is 50.8 Å². The lowest BCUT2D eigenvalue weighted by molar-refractivity contribution is 0.949. The lowest BCUT2D eigenvalue weighted by atomic mass is 10.2. The fraction of sp³-hybridized carbons (Fsp3) is 0.111. The second kappa shape index (κ2) is 5.73. The van der Waals surface area contributed by atoms with Gasteiger partial charge in [-0.3, -0.25) is 0 Å². The van der Waals surface area contributed by atoms with Crippen molar-refractivity contribution in [2.45, 2.75) is 6.92 Å². The summed E-state index contributed by atoms with van der Waals surface area (Å²) in [5.41, 5.74) is 7.69. The van der Waals surface area contributed by atoms with Gasteiger partial charge in [0.15, 0.2) is 5.65 Å². The van der Waals surface area contributed by atoms with Crippen molar-refractivity contribution in [1.82, 2.24) is 19.7 Å². The van der Waals surface area contributed by atoms with Gasteiger partial charge in [-0.05, 0) is 24.6 Å². The first-order valence-corrected chi connectivity index (χ1v) is 7.66. The lowest BCUT2D eigenvalue weighted by Crippen LogP contribution is -2.00. The maximum Gasteiger partial charge on any atom is 0.265 e. The molecule has 2 heterocycles. The molecule has 0 amide bonds. The number of nitrogens with zero attached hydrogens (tertiary/aromatic N) is 5. The maximum atomic E-state index is 4.54. The Morgan fingerprint density at radius 1 is 1.08 bits per heavy atom. The zero-order valence-electron chi connectivity index (χ0n) is 13.4. The quantitative estimate of drug-likeness (QED) is 0.465. The van der Waals surface area contributed by atoms with E-state index in [4.69, 9.17) is 0 Å². The summed E-state index contributed by atoms with van der Waals surface area (Å²) in [7, 11) is 1.98. The van der Waals surface area contributed by atoms with E-state index >= 15 is 0 Å². The smallest absolute Gasteiger partial charge is 0.265 e. The van der Waals surface area contributed by atoms with Gasteiger partial charge in [-0.1, -0.05) is 42.0 Å². The van der Waals surface area contributed by atoms with E-state index in [1.54, 1.807) is 6.21 Å². The second-order valence-corrected chi connectivity index (χ2v) is 5.67. The Morgan fingerprint density at radius 3 is 2.75 bits per heavy atom. The molecule has 0 radical (unpaired) electrons. The average Bonchev–Trinajstić information content (AvgIpc) is 2.88. The molecular formula is C18H16N6. The van der Waals surface area contributed by atoms with Crippen molar-refractivity contribution in [1.29, 1.82) is 0 Å². The van der Waals surface area contributed by atoms with Crippen LogP contribution in [0.2, 0.25) is 0 Å². The first kappa shape index (κ1) is 14.3. The van der Waals surface area contributed by atoms with Gasteiger partial charge in [0.05, 0.1) is 11.7 Å². The normalized spacial score (nSPS) is 11.6. The van der Waals surface area contributed by atoms with Crippen LogP contribution in [-0.4, -0.2) is 26.0 Å². The molecule has 0 saturated carbocycles. The summed E-state index contributed by atoms with van der Waals surface area (Å²) in [5, 5.41) is 13.7. The third-order valence-corrected chi connectivity index (χ3v) is 3.93. The summed E-state index contributed by atoms with van der Waals surface area (Å²) in [6, 6.07) is 16.1. The molecule has 0 fully saturated rings. The molecule has 2 aromatic carbocycles. The first-order valence-electron chi connectivity index (χ1n) is 7.66. The number of nitrogens with one attached hydrogen (secondary N) is 1. The van der Waals surface area contributed by atoms with E-state index in [1.165, 1.54) is 5.56 Å². The van der Waals surface area contributed by atoms with Gasteiger partial charge in [-0.2, -0.15) is 10.1 Å². The average molecular weight is 316 g/mol. The van der Waals surface area contributed by atoms with E-state index in [1.807, 2.05) is 41.9 Å². The lowest BCUT2D eigenvalue weighted by Gasteiger charge is -1.99. The number of benzene rings is 2. The van der Waals surface area contributed by atoms with Crippen LogP contribution in [0.1, 0.15) is 11.1 Å². The molecule has 6 nitrogen and oxygen atoms in total. The molecule has 0 aliphatic carbocycles. The number of rotatable bonds is 3. The molecule has 0 aliphatic rings. The van der Waals surface area contributed by atoms with Crippen molar-refractivity contribution in [3.63, 3.8) is 0 Å². The molecule has 4 rings (SSSR count). The van der Waals surface area contributed by atoms with Gasteiger partial charge in [-0.15, -0.1) is 10.2 Å². The molecular weight excluding hydrogens is 300 g/mol. The highest BCUT2D eigenvalue weighted by Gasteiger charge is 2.12. The topological polar surface area (TPSA) is 68.0 Å². The minimum atomic E-state index is 0.373. The van der Waals surface area contributed by atoms with Crippen LogP contribution in [0.4, 0.5) is 5.95 Å². The van der Waals surface area contributed by atoms with Gasteiger partial charge in [-0.25, -0.2) is 5.43 Å². The van der Waals surface area contributed by atoms with E-state index in [0.29, 0.717) is 5.95 Å². The number of aromatic nitrogens is 4. The highest BCUT2D eigenvalue weighted by atomic mass is 15.4. The molecule has 4 aromatic rings. The molecule has 0 spiro atoms. The van der Waals surface area contributed by atoms with Crippen LogP contribution >= 0.6 is 0 Å². The zero-order valence-corrected chi connectivity index (χ0v) is 13.4.